The Morgan fingerprint density at radius 1 is 1.00 bits per heavy atom. The van der Waals surface area contributed by atoms with E-state index in [9.17, 15) is 21.6 Å². The fourth-order valence-corrected chi connectivity index (χ4v) is 2.95. The first kappa shape index (κ1) is 13.8. The van der Waals surface area contributed by atoms with Crippen LogP contribution in [0.5, 0.6) is 0 Å². The molecule has 0 aliphatic heterocycles. The number of primary sulfonamides is 1. The van der Waals surface area contributed by atoms with Crippen LogP contribution >= 0.6 is 0 Å². The summed E-state index contributed by atoms with van der Waals surface area (Å²) >= 11 is 0. The minimum Gasteiger partial charge on any atom is -0.228 e. The van der Waals surface area contributed by atoms with Gasteiger partial charge in [-0.25, -0.2) is 13.6 Å². The Kier molecular flexibility index (Phi) is 3.27. The van der Waals surface area contributed by atoms with Crippen LogP contribution in [0, 0.1) is 0 Å². The van der Waals surface area contributed by atoms with Crippen LogP contribution in [0.2, 0.25) is 0 Å². The number of sulfonamides is 1. The Morgan fingerprint density at radius 3 is 2.16 bits per heavy atom. The van der Waals surface area contributed by atoms with E-state index in [0.717, 1.165) is 6.07 Å². The van der Waals surface area contributed by atoms with Crippen LogP contribution in [0.3, 0.4) is 0 Å². The van der Waals surface area contributed by atoms with Crippen LogP contribution in [0.1, 0.15) is 10.8 Å². The van der Waals surface area contributed by atoms with Crippen LogP contribution in [0.15, 0.2) is 42.5 Å². The SMILES string of the molecule is NS(=O)(=O)C(c1cccc2ccccc12)C(F)(F)F. The van der Waals surface area contributed by atoms with Gasteiger partial charge >= 0.3 is 6.18 Å². The monoisotopic (exact) mass is 289 g/mol. The Bertz CT molecular complexity index is 705. The Morgan fingerprint density at radius 2 is 1.58 bits per heavy atom. The van der Waals surface area contributed by atoms with Crippen molar-refractivity contribution in [1.29, 1.82) is 0 Å². The van der Waals surface area contributed by atoms with Gasteiger partial charge in [-0.1, -0.05) is 42.5 Å². The first-order chi connectivity index (χ1) is 8.71. The van der Waals surface area contributed by atoms with Gasteiger partial charge in [0.05, 0.1) is 0 Å². The number of benzene rings is 2. The molecule has 1 atom stereocenters. The summed E-state index contributed by atoms with van der Waals surface area (Å²) in [5.41, 5.74) is -0.354. The topological polar surface area (TPSA) is 60.2 Å². The van der Waals surface area contributed by atoms with Gasteiger partial charge < -0.3 is 0 Å². The first-order valence-electron chi connectivity index (χ1n) is 5.27. The highest BCUT2D eigenvalue weighted by Gasteiger charge is 2.48. The molecule has 2 aromatic rings. The van der Waals surface area contributed by atoms with Gasteiger partial charge in [0.15, 0.2) is 5.25 Å². The van der Waals surface area contributed by atoms with E-state index >= 15 is 0 Å². The number of alkyl halides is 3. The average molecular weight is 289 g/mol. The van der Waals surface area contributed by atoms with Gasteiger partial charge in [-0.05, 0) is 16.3 Å². The van der Waals surface area contributed by atoms with Crippen molar-refractivity contribution in [3.8, 4) is 0 Å². The summed E-state index contributed by atoms with van der Waals surface area (Å²) in [5.74, 6) is 0. The van der Waals surface area contributed by atoms with Crippen molar-refractivity contribution in [1.82, 2.24) is 0 Å². The molecule has 0 fully saturated rings. The van der Waals surface area contributed by atoms with E-state index in [1.807, 2.05) is 0 Å². The lowest BCUT2D eigenvalue weighted by Gasteiger charge is -2.20. The van der Waals surface area contributed by atoms with E-state index in [-0.39, 0.29) is 10.9 Å². The molecule has 102 valence electrons. The second-order valence-corrected chi connectivity index (χ2v) is 5.73. The van der Waals surface area contributed by atoms with Crippen molar-refractivity contribution >= 4 is 20.8 Å². The largest absolute Gasteiger partial charge is 0.410 e. The number of hydrogen-bond donors (Lipinski definition) is 1. The van der Waals surface area contributed by atoms with Gasteiger partial charge in [0.1, 0.15) is 0 Å². The Hall–Kier alpha value is -1.60. The molecule has 0 radical (unpaired) electrons. The molecule has 0 spiro atoms. The zero-order valence-electron chi connectivity index (χ0n) is 9.55. The van der Waals surface area contributed by atoms with E-state index in [2.05, 4.69) is 0 Å². The van der Waals surface area contributed by atoms with Gasteiger partial charge in [0.25, 0.3) is 0 Å². The van der Waals surface area contributed by atoms with Gasteiger partial charge in [-0.2, -0.15) is 13.2 Å². The van der Waals surface area contributed by atoms with E-state index in [0.29, 0.717) is 5.39 Å². The molecular formula is C12H10F3NO2S. The molecule has 2 rings (SSSR count). The molecule has 0 saturated carbocycles. The lowest BCUT2D eigenvalue weighted by Crippen LogP contribution is -2.33. The first-order valence-corrected chi connectivity index (χ1v) is 6.88. The summed E-state index contributed by atoms with van der Waals surface area (Å²) < 4.78 is 61.5. The number of hydrogen-bond acceptors (Lipinski definition) is 2. The lowest BCUT2D eigenvalue weighted by molar-refractivity contribution is -0.131. The molecule has 19 heavy (non-hydrogen) atoms. The highest BCUT2D eigenvalue weighted by Crippen LogP contribution is 2.40. The van der Waals surface area contributed by atoms with Crippen molar-refractivity contribution in [2.24, 2.45) is 5.14 Å². The quantitative estimate of drug-likeness (QED) is 0.924. The maximum atomic E-state index is 13.0. The van der Waals surface area contributed by atoms with Crippen molar-refractivity contribution in [2.45, 2.75) is 11.4 Å². The fraction of sp³-hybridized carbons (Fsp3) is 0.167. The van der Waals surface area contributed by atoms with Crippen LogP contribution in [0.4, 0.5) is 13.2 Å². The summed E-state index contributed by atoms with van der Waals surface area (Å²) in [7, 11) is -4.79. The van der Waals surface area contributed by atoms with Crippen molar-refractivity contribution < 1.29 is 21.6 Å². The molecule has 0 heterocycles. The fourth-order valence-electron chi connectivity index (χ4n) is 2.02. The van der Waals surface area contributed by atoms with Crippen LogP contribution in [0.25, 0.3) is 10.8 Å². The highest BCUT2D eigenvalue weighted by atomic mass is 32.2. The van der Waals surface area contributed by atoms with Crippen LogP contribution in [-0.4, -0.2) is 14.6 Å². The smallest absolute Gasteiger partial charge is 0.228 e. The zero-order valence-corrected chi connectivity index (χ0v) is 10.4. The zero-order chi connectivity index (χ0) is 14.3. The molecule has 2 N–H and O–H groups in total. The van der Waals surface area contributed by atoms with Crippen molar-refractivity contribution in [3.05, 3.63) is 48.0 Å². The van der Waals surface area contributed by atoms with E-state index in [4.69, 9.17) is 5.14 Å². The van der Waals surface area contributed by atoms with Gasteiger partial charge in [-0.15, -0.1) is 0 Å². The summed E-state index contributed by atoms with van der Waals surface area (Å²) in [5, 5.41) is 2.77. The molecule has 1 unspecified atom stereocenters. The summed E-state index contributed by atoms with van der Waals surface area (Å²) in [6.07, 6.45) is -4.96. The summed E-state index contributed by atoms with van der Waals surface area (Å²) in [6, 6.07) is 10.4. The summed E-state index contributed by atoms with van der Waals surface area (Å²) in [4.78, 5) is 0. The molecule has 0 saturated heterocycles. The van der Waals surface area contributed by atoms with Gasteiger partial charge in [-0.3, -0.25) is 0 Å². The molecule has 7 heteroatoms. The second kappa shape index (κ2) is 4.50. The van der Waals surface area contributed by atoms with E-state index < -0.39 is 21.4 Å². The number of nitrogens with two attached hydrogens (primary N) is 1. The van der Waals surface area contributed by atoms with Crippen molar-refractivity contribution in [2.75, 3.05) is 0 Å². The van der Waals surface area contributed by atoms with Crippen LogP contribution in [-0.2, 0) is 10.0 Å². The maximum Gasteiger partial charge on any atom is 0.410 e. The molecule has 0 bridgehead atoms. The van der Waals surface area contributed by atoms with E-state index in [1.165, 1.54) is 12.1 Å². The standard InChI is InChI=1S/C12H10F3NO2S/c13-12(14,15)11(19(16,17)18)10-7-3-5-8-4-1-2-6-9(8)10/h1-7,11H,(H2,16,17,18). The molecule has 0 aliphatic rings. The molecule has 0 amide bonds. The number of halogens is 3. The highest BCUT2D eigenvalue weighted by molar-refractivity contribution is 7.89. The molecule has 0 aromatic heterocycles. The third-order valence-corrected chi connectivity index (χ3v) is 3.91. The minimum absolute atomic E-state index is 0.223. The third kappa shape index (κ3) is 2.71. The Labute approximate surface area is 107 Å². The lowest BCUT2D eigenvalue weighted by atomic mass is 10.0. The number of fused-ring (bicyclic) bond motifs is 1. The second-order valence-electron chi connectivity index (χ2n) is 4.08. The molecule has 0 aliphatic carbocycles. The summed E-state index contributed by atoms with van der Waals surface area (Å²) in [6.45, 7) is 0. The Balaban J connectivity index is 2.78. The molecule has 3 nitrogen and oxygen atoms in total. The van der Waals surface area contributed by atoms with E-state index in [1.54, 1.807) is 24.3 Å². The predicted octanol–water partition coefficient (Wildman–Crippen LogP) is 2.73. The third-order valence-electron chi connectivity index (χ3n) is 2.73. The molecule has 2 aromatic carbocycles. The van der Waals surface area contributed by atoms with Gasteiger partial charge in [0, 0.05) is 0 Å². The van der Waals surface area contributed by atoms with Crippen molar-refractivity contribution in [3.63, 3.8) is 0 Å². The van der Waals surface area contributed by atoms with Crippen LogP contribution < -0.4 is 5.14 Å². The number of rotatable bonds is 2. The molecular weight excluding hydrogens is 279 g/mol. The predicted molar refractivity (Wildman–Crippen MR) is 65.9 cm³/mol. The maximum absolute atomic E-state index is 13.0. The average Bonchev–Trinajstić information content (AvgIpc) is 2.25. The minimum atomic E-state index is -4.96. The normalized spacial score (nSPS) is 14.5. The van der Waals surface area contributed by atoms with Gasteiger partial charge in [0.2, 0.25) is 10.0 Å².